The average molecular weight is 583 g/mol. The highest BCUT2D eigenvalue weighted by atomic mass is 35.5. The number of nitrogens with zero attached hydrogens (tertiary/aromatic N) is 1. The van der Waals surface area contributed by atoms with Crippen molar-refractivity contribution in [3.8, 4) is 11.5 Å². The monoisotopic (exact) mass is 582 g/mol. The molecule has 4 rings (SSSR count). The Morgan fingerprint density at radius 1 is 1.13 bits per heavy atom. The van der Waals surface area contributed by atoms with Crippen molar-refractivity contribution in [3.05, 3.63) is 75.5 Å². The Hall–Kier alpha value is -3.54. The molecule has 0 unspecified atom stereocenters. The maximum absolute atomic E-state index is 15.0. The Morgan fingerprint density at radius 3 is 2.58 bits per heavy atom. The summed E-state index contributed by atoms with van der Waals surface area (Å²) in [5.74, 6) is -2.58. The number of hydrogen-bond donors (Lipinski definition) is 1. The Morgan fingerprint density at radius 2 is 1.89 bits per heavy atom. The second kappa shape index (κ2) is 11.1. The van der Waals surface area contributed by atoms with Gasteiger partial charge < -0.3 is 19.5 Å². The lowest BCUT2D eigenvalue weighted by Gasteiger charge is -2.31. The summed E-state index contributed by atoms with van der Waals surface area (Å²) in [6.07, 6.45) is 0. The zero-order chi connectivity index (χ0) is 27.6. The molecule has 38 heavy (non-hydrogen) atoms. The first-order valence-electron chi connectivity index (χ1n) is 11.2. The number of sulfonamides is 1. The number of benzene rings is 3. The van der Waals surface area contributed by atoms with E-state index < -0.39 is 27.7 Å². The quantitative estimate of drug-likeness (QED) is 0.383. The third-order valence-corrected chi connectivity index (χ3v) is 7.89. The van der Waals surface area contributed by atoms with Crippen LogP contribution in [0.15, 0.2) is 53.4 Å². The molecule has 1 N–H and O–H groups in total. The predicted molar refractivity (Wildman–Crippen MR) is 140 cm³/mol. The normalized spacial score (nSPS) is 12.8. The van der Waals surface area contributed by atoms with E-state index in [4.69, 9.17) is 37.4 Å². The number of halogens is 3. The van der Waals surface area contributed by atoms with Crippen LogP contribution in [0.2, 0.25) is 10.0 Å². The van der Waals surface area contributed by atoms with E-state index in [0.717, 1.165) is 10.4 Å². The van der Waals surface area contributed by atoms with Crippen LogP contribution in [0.25, 0.3) is 0 Å². The molecule has 1 aliphatic heterocycles. The van der Waals surface area contributed by atoms with Gasteiger partial charge in [-0.3, -0.25) is 9.10 Å². The lowest BCUT2D eigenvalue weighted by Crippen LogP contribution is -2.38. The van der Waals surface area contributed by atoms with Crippen LogP contribution in [0.4, 0.5) is 15.8 Å². The third kappa shape index (κ3) is 5.35. The summed E-state index contributed by atoms with van der Waals surface area (Å²) in [4.78, 5) is 24.7. The zero-order valence-corrected chi connectivity index (χ0v) is 22.4. The summed E-state index contributed by atoms with van der Waals surface area (Å²) in [7, 11) is -2.99. The Labute approximate surface area is 228 Å². The molecule has 1 aliphatic rings. The van der Waals surface area contributed by atoms with Gasteiger partial charge in [0, 0.05) is 16.3 Å². The molecule has 13 heteroatoms. The number of ether oxygens (including phenoxy) is 3. The highest BCUT2D eigenvalue weighted by Crippen LogP contribution is 2.40. The second-order valence-corrected chi connectivity index (χ2v) is 10.6. The number of esters is 1. The van der Waals surface area contributed by atoms with Gasteiger partial charge >= 0.3 is 5.97 Å². The average Bonchev–Trinajstić information content (AvgIpc) is 2.88. The first kappa shape index (κ1) is 27.5. The van der Waals surface area contributed by atoms with Crippen molar-refractivity contribution in [2.45, 2.75) is 11.8 Å². The van der Waals surface area contributed by atoms with Gasteiger partial charge in [0.05, 0.1) is 36.5 Å². The number of methoxy groups -OCH3 is 1. The van der Waals surface area contributed by atoms with Crippen LogP contribution in [-0.2, 0) is 14.8 Å². The van der Waals surface area contributed by atoms with Crippen molar-refractivity contribution in [1.82, 2.24) is 0 Å². The van der Waals surface area contributed by atoms with Gasteiger partial charge in [0.15, 0.2) is 11.6 Å². The van der Waals surface area contributed by atoms with Crippen LogP contribution < -0.4 is 19.1 Å². The summed E-state index contributed by atoms with van der Waals surface area (Å²) in [6, 6.07) is 10.4. The molecule has 0 aromatic heterocycles. The van der Waals surface area contributed by atoms with Gasteiger partial charge in [-0.15, -0.1) is 0 Å². The molecule has 1 heterocycles. The molecule has 0 radical (unpaired) electrons. The maximum Gasteiger partial charge on any atom is 0.339 e. The molecule has 200 valence electrons. The molecule has 0 fully saturated rings. The van der Waals surface area contributed by atoms with Gasteiger partial charge in [0.1, 0.15) is 17.3 Å². The van der Waals surface area contributed by atoms with E-state index >= 15 is 4.39 Å². The van der Waals surface area contributed by atoms with Crippen molar-refractivity contribution in [2.24, 2.45) is 0 Å². The Kier molecular flexibility index (Phi) is 8.00. The lowest BCUT2D eigenvalue weighted by molar-refractivity contribution is 0.0526. The van der Waals surface area contributed by atoms with Crippen molar-refractivity contribution in [2.75, 3.05) is 36.5 Å². The number of carbonyl (C=O) groups excluding carboxylic acids is 2. The van der Waals surface area contributed by atoms with Crippen molar-refractivity contribution < 1.29 is 36.6 Å². The van der Waals surface area contributed by atoms with Crippen LogP contribution in [0.5, 0.6) is 11.5 Å². The van der Waals surface area contributed by atoms with E-state index in [1.54, 1.807) is 6.92 Å². The van der Waals surface area contributed by atoms with Crippen LogP contribution in [-0.4, -0.2) is 47.2 Å². The Bertz CT molecular complexity index is 1530. The molecular formula is C25H21Cl2FN2O7S. The predicted octanol–water partition coefficient (Wildman–Crippen LogP) is 5.16. The lowest BCUT2D eigenvalue weighted by atomic mass is 10.1. The summed E-state index contributed by atoms with van der Waals surface area (Å²) in [5.41, 5.74) is -0.0222. The summed E-state index contributed by atoms with van der Waals surface area (Å²) in [5, 5.41) is 2.75. The minimum atomic E-state index is -4.30. The van der Waals surface area contributed by atoms with Gasteiger partial charge in [0.25, 0.3) is 15.9 Å². The molecular weight excluding hydrogens is 562 g/mol. The highest BCUT2D eigenvalue weighted by Gasteiger charge is 2.35. The second-order valence-electron chi connectivity index (χ2n) is 7.90. The standard InChI is InChI=1S/C25H21Cl2FN2O7S/c1-3-36-25(32)17-6-5-16(13-18(17)27)29-24(31)14-10-19(28)23-20(11-14)30(8-9-37-23)38(33,34)22-12-15(26)4-7-21(22)35-2/h4-7,10-13H,3,8-9H2,1-2H3,(H,29,31). The van der Waals surface area contributed by atoms with E-state index in [0.29, 0.717) is 0 Å². The molecule has 3 aromatic rings. The van der Waals surface area contributed by atoms with E-state index in [1.165, 1.54) is 49.6 Å². The van der Waals surface area contributed by atoms with Crippen LogP contribution in [0, 0.1) is 5.82 Å². The minimum absolute atomic E-state index is 0.0407. The van der Waals surface area contributed by atoms with Gasteiger partial charge in [-0.05, 0) is 55.5 Å². The van der Waals surface area contributed by atoms with E-state index in [1.807, 2.05) is 0 Å². The summed E-state index contributed by atoms with van der Waals surface area (Å²) >= 11 is 12.2. The van der Waals surface area contributed by atoms with Crippen molar-refractivity contribution >= 4 is 56.5 Å². The van der Waals surface area contributed by atoms with Gasteiger partial charge in [-0.25, -0.2) is 17.6 Å². The fourth-order valence-electron chi connectivity index (χ4n) is 3.78. The minimum Gasteiger partial charge on any atom is -0.495 e. The molecule has 0 saturated carbocycles. The van der Waals surface area contributed by atoms with E-state index in [-0.39, 0.29) is 68.7 Å². The zero-order valence-electron chi connectivity index (χ0n) is 20.1. The van der Waals surface area contributed by atoms with Gasteiger partial charge in [-0.2, -0.15) is 0 Å². The van der Waals surface area contributed by atoms with Crippen LogP contribution in [0.1, 0.15) is 27.6 Å². The van der Waals surface area contributed by atoms with Crippen molar-refractivity contribution in [3.63, 3.8) is 0 Å². The number of hydrogen-bond acceptors (Lipinski definition) is 7. The number of carbonyl (C=O) groups is 2. The fraction of sp³-hybridized carbons (Fsp3) is 0.200. The number of fused-ring (bicyclic) bond motifs is 1. The topological polar surface area (TPSA) is 111 Å². The molecule has 0 spiro atoms. The SMILES string of the molecule is CCOC(=O)c1ccc(NC(=O)c2cc(F)c3c(c2)N(S(=O)(=O)c2cc(Cl)ccc2OC)CCO3)cc1Cl. The summed E-state index contributed by atoms with van der Waals surface area (Å²) < 4.78 is 58.7. The van der Waals surface area contributed by atoms with E-state index in [9.17, 15) is 18.0 Å². The Balaban J connectivity index is 1.68. The summed E-state index contributed by atoms with van der Waals surface area (Å²) in [6.45, 7) is 1.54. The molecule has 0 bridgehead atoms. The van der Waals surface area contributed by atoms with Crippen LogP contribution in [0.3, 0.4) is 0 Å². The largest absolute Gasteiger partial charge is 0.495 e. The van der Waals surface area contributed by atoms with E-state index in [2.05, 4.69) is 5.32 Å². The molecule has 9 nitrogen and oxygen atoms in total. The molecule has 0 aliphatic carbocycles. The molecule has 0 saturated heterocycles. The first-order chi connectivity index (χ1) is 18.1. The number of amides is 1. The van der Waals surface area contributed by atoms with Crippen molar-refractivity contribution in [1.29, 1.82) is 0 Å². The number of nitrogens with one attached hydrogen (secondary N) is 1. The first-order valence-corrected chi connectivity index (χ1v) is 13.4. The smallest absolute Gasteiger partial charge is 0.339 e. The maximum atomic E-state index is 15.0. The fourth-order valence-corrected chi connectivity index (χ4v) is 5.90. The number of anilines is 2. The molecule has 3 aromatic carbocycles. The number of rotatable bonds is 7. The molecule has 0 atom stereocenters. The molecule has 1 amide bonds. The third-order valence-electron chi connectivity index (χ3n) is 5.51. The van der Waals surface area contributed by atoms with Gasteiger partial charge in [-0.1, -0.05) is 23.2 Å². The van der Waals surface area contributed by atoms with Gasteiger partial charge in [0.2, 0.25) is 0 Å². The van der Waals surface area contributed by atoms with Crippen LogP contribution >= 0.6 is 23.2 Å². The highest BCUT2D eigenvalue weighted by molar-refractivity contribution is 7.93.